The molecule has 0 radical (unpaired) electrons. The third-order valence-corrected chi connectivity index (χ3v) is 9.76. The Hall–Kier alpha value is -3.00. The fourth-order valence-corrected chi connectivity index (χ4v) is 7.56. The van der Waals surface area contributed by atoms with Gasteiger partial charge in [-0.3, -0.25) is 9.78 Å². The van der Waals surface area contributed by atoms with Gasteiger partial charge in [0.15, 0.2) is 5.75 Å². The minimum absolute atomic E-state index is 0.0500. The van der Waals surface area contributed by atoms with Crippen LogP contribution in [-0.2, 0) is 9.53 Å². The Bertz CT molecular complexity index is 1360. The van der Waals surface area contributed by atoms with E-state index < -0.39 is 0 Å². The summed E-state index contributed by atoms with van der Waals surface area (Å²) in [5, 5.41) is 4.11. The first-order chi connectivity index (χ1) is 19.6. The summed E-state index contributed by atoms with van der Waals surface area (Å²) in [5.41, 5.74) is 5.49. The van der Waals surface area contributed by atoms with Crippen molar-refractivity contribution >= 4 is 35.0 Å². The summed E-state index contributed by atoms with van der Waals surface area (Å²) in [6.45, 7) is 10.6. The van der Waals surface area contributed by atoms with E-state index in [1.165, 1.54) is 5.69 Å². The SMILES string of the molecule is CC#CC(=O)N1CCC(SN2CC(c3cc4c(c(C5CC5)n3)O[C@H](C)c3c(N5CCOCC5)ccnc3N4)C2)C1. The summed E-state index contributed by atoms with van der Waals surface area (Å²) in [6.07, 6.45) is 5.10. The van der Waals surface area contributed by atoms with Crippen LogP contribution in [0.4, 0.5) is 17.2 Å². The first-order valence-electron chi connectivity index (χ1n) is 14.5. The van der Waals surface area contributed by atoms with E-state index in [9.17, 15) is 4.79 Å². The van der Waals surface area contributed by atoms with Crippen molar-refractivity contribution in [2.45, 2.75) is 56.3 Å². The number of aromatic nitrogens is 2. The van der Waals surface area contributed by atoms with Crippen LogP contribution in [0.1, 0.15) is 68.0 Å². The molecule has 40 heavy (non-hydrogen) atoms. The molecule has 4 aliphatic heterocycles. The van der Waals surface area contributed by atoms with Crippen LogP contribution in [0.15, 0.2) is 18.3 Å². The number of morpholine rings is 1. The molecule has 1 amide bonds. The van der Waals surface area contributed by atoms with Crippen molar-refractivity contribution in [2.75, 3.05) is 62.7 Å². The molecule has 10 heteroatoms. The van der Waals surface area contributed by atoms with E-state index in [1.807, 2.05) is 23.0 Å². The Morgan fingerprint density at radius 1 is 1.12 bits per heavy atom. The Labute approximate surface area is 240 Å². The quantitative estimate of drug-likeness (QED) is 0.430. The van der Waals surface area contributed by atoms with Crippen LogP contribution in [0.25, 0.3) is 0 Å². The van der Waals surface area contributed by atoms with Crippen LogP contribution in [0, 0.1) is 11.8 Å². The molecule has 2 aromatic heterocycles. The van der Waals surface area contributed by atoms with Crippen molar-refractivity contribution in [2.24, 2.45) is 0 Å². The van der Waals surface area contributed by atoms with Gasteiger partial charge in [-0.2, -0.15) is 0 Å². The van der Waals surface area contributed by atoms with Gasteiger partial charge in [-0.05, 0) is 51.2 Å². The standard InChI is InChI=1S/C30H36N6O3S/c1-3-4-26(37)35-10-8-22(18-35)40-36-16-21(17-36)23-15-24-29(28(32-23)20-5-6-20)39-19(2)27-25(7-9-31-30(27)33-24)34-11-13-38-14-12-34/h7,9,15,19-22H,5-6,8,10-14,16-18H2,1-2H3,(H,31,33)/t19-,22?/m1/s1. The Kier molecular flexibility index (Phi) is 6.98. The van der Waals surface area contributed by atoms with E-state index in [1.54, 1.807) is 6.92 Å². The van der Waals surface area contributed by atoms with Crippen molar-refractivity contribution in [3.8, 4) is 17.6 Å². The van der Waals surface area contributed by atoms with E-state index in [4.69, 9.17) is 19.4 Å². The highest BCUT2D eigenvalue weighted by molar-refractivity contribution is 7.97. The normalized spacial score (nSPS) is 24.6. The van der Waals surface area contributed by atoms with Gasteiger partial charge in [-0.25, -0.2) is 9.29 Å². The minimum Gasteiger partial charge on any atom is -0.482 e. The highest BCUT2D eigenvalue weighted by Crippen LogP contribution is 2.51. The fourth-order valence-electron chi connectivity index (χ4n) is 6.15. The maximum Gasteiger partial charge on any atom is 0.298 e. The maximum atomic E-state index is 12.1. The van der Waals surface area contributed by atoms with Crippen molar-refractivity contribution < 1.29 is 14.3 Å². The van der Waals surface area contributed by atoms with E-state index in [0.29, 0.717) is 17.1 Å². The number of likely N-dealkylation sites (tertiary alicyclic amines) is 1. The molecule has 2 atom stereocenters. The smallest absolute Gasteiger partial charge is 0.298 e. The number of rotatable bonds is 5. The molecule has 4 fully saturated rings. The highest BCUT2D eigenvalue weighted by Gasteiger charge is 2.38. The molecule has 0 spiro atoms. The Morgan fingerprint density at radius 2 is 1.95 bits per heavy atom. The lowest BCUT2D eigenvalue weighted by molar-refractivity contribution is -0.124. The molecule has 1 aliphatic carbocycles. The second-order valence-electron chi connectivity index (χ2n) is 11.3. The molecule has 0 bridgehead atoms. The number of carbonyl (C=O) groups is 1. The third kappa shape index (κ3) is 5.00. The molecule has 3 saturated heterocycles. The minimum atomic E-state index is -0.141. The zero-order chi connectivity index (χ0) is 27.2. The van der Waals surface area contributed by atoms with E-state index in [0.717, 1.165) is 106 Å². The third-order valence-electron chi connectivity index (χ3n) is 8.48. The second-order valence-corrected chi connectivity index (χ2v) is 12.7. The fraction of sp³-hybridized carbons (Fsp3) is 0.567. The zero-order valence-corrected chi connectivity index (χ0v) is 24.0. The molecule has 1 unspecified atom stereocenters. The van der Waals surface area contributed by atoms with Gasteiger partial charge in [-0.1, -0.05) is 17.9 Å². The van der Waals surface area contributed by atoms with Crippen LogP contribution in [0.2, 0.25) is 0 Å². The summed E-state index contributed by atoms with van der Waals surface area (Å²) in [6, 6.07) is 4.29. The van der Waals surface area contributed by atoms with E-state index >= 15 is 0 Å². The number of hydrogen-bond acceptors (Lipinski definition) is 9. The number of nitrogens with one attached hydrogen (secondary N) is 1. The lowest BCUT2D eigenvalue weighted by Gasteiger charge is -2.39. The van der Waals surface area contributed by atoms with Crippen LogP contribution in [0.5, 0.6) is 5.75 Å². The first-order valence-corrected chi connectivity index (χ1v) is 15.3. The molecular formula is C30H36N6O3S. The Balaban J connectivity index is 1.09. The largest absolute Gasteiger partial charge is 0.482 e. The van der Waals surface area contributed by atoms with Crippen molar-refractivity contribution in [1.29, 1.82) is 0 Å². The molecule has 9 nitrogen and oxygen atoms in total. The van der Waals surface area contributed by atoms with Gasteiger partial charge in [0.25, 0.3) is 5.91 Å². The lowest BCUT2D eigenvalue weighted by Crippen LogP contribution is -2.42. The molecule has 7 rings (SSSR count). The average Bonchev–Trinajstić information content (AvgIpc) is 3.70. The van der Waals surface area contributed by atoms with E-state index in [2.05, 4.69) is 45.4 Å². The zero-order valence-electron chi connectivity index (χ0n) is 23.2. The number of ether oxygens (including phenoxy) is 2. The van der Waals surface area contributed by atoms with Crippen LogP contribution in [-0.4, -0.2) is 82.8 Å². The molecule has 1 saturated carbocycles. The Morgan fingerprint density at radius 3 is 2.73 bits per heavy atom. The monoisotopic (exact) mass is 560 g/mol. The topological polar surface area (TPSA) is 83.1 Å². The molecule has 6 heterocycles. The molecule has 0 aromatic carbocycles. The van der Waals surface area contributed by atoms with Crippen molar-refractivity contribution in [1.82, 2.24) is 19.2 Å². The van der Waals surface area contributed by atoms with Gasteiger partial charge < -0.3 is 24.6 Å². The van der Waals surface area contributed by atoms with Crippen molar-refractivity contribution in [3.63, 3.8) is 0 Å². The predicted octanol–water partition coefficient (Wildman–Crippen LogP) is 4.06. The molecule has 1 N–H and O–H groups in total. The predicted molar refractivity (Wildman–Crippen MR) is 156 cm³/mol. The van der Waals surface area contributed by atoms with Crippen LogP contribution < -0.4 is 15.0 Å². The number of fused-ring (bicyclic) bond motifs is 2. The molecular weight excluding hydrogens is 524 g/mol. The second kappa shape index (κ2) is 10.8. The number of anilines is 3. The van der Waals surface area contributed by atoms with Gasteiger partial charge in [-0.15, -0.1) is 0 Å². The summed E-state index contributed by atoms with van der Waals surface area (Å²) in [7, 11) is 0. The van der Waals surface area contributed by atoms with Crippen LogP contribution >= 0.6 is 11.9 Å². The number of carbonyl (C=O) groups excluding carboxylic acids is 1. The maximum absolute atomic E-state index is 12.1. The summed E-state index contributed by atoms with van der Waals surface area (Å²) < 4.78 is 14.7. The number of hydrogen-bond donors (Lipinski definition) is 1. The van der Waals surface area contributed by atoms with Crippen LogP contribution in [0.3, 0.4) is 0 Å². The highest BCUT2D eigenvalue weighted by atomic mass is 32.2. The summed E-state index contributed by atoms with van der Waals surface area (Å²) in [5.74, 6) is 7.96. The van der Waals surface area contributed by atoms with Crippen molar-refractivity contribution in [3.05, 3.63) is 35.3 Å². The van der Waals surface area contributed by atoms with Gasteiger partial charge in [0.1, 0.15) is 11.9 Å². The summed E-state index contributed by atoms with van der Waals surface area (Å²) >= 11 is 1.89. The number of nitrogens with zero attached hydrogens (tertiary/aromatic N) is 5. The van der Waals surface area contributed by atoms with Gasteiger partial charge >= 0.3 is 0 Å². The lowest BCUT2D eigenvalue weighted by atomic mass is 9.97. The first kappa shape index (κ1) is 25.9. The van der Waals surface area contributed by atoms with E-state index in [-0.39, 0.29) is 12.0 Å². The van der Waals surface area contributed by atoms with Gasteiger partial charge in [0.2, 0.25) is 0 Å². The summed E-state index contributed by atoms with van der Waals surface area (Å²) in [4.78, 5) is 26.4. The molecule has 210 valence electrons. The molecule has 2 aromatic rings. The number of amides is 1. The average molecular weight is 561 g/mol. The van der Waals surface area contributed by atoms with Gasteiger partial charge in [0.05, 0.1) is 30.2 Å². The molecule has 5 aliphatic rings. The number of pyridine rings is 2. The van der Waals surface area contributed by atoms with Gasteiger partial charge in [0, 0.05) is 73.9 Å².